The van der Waals surface area contributed by atoms with Crippen molar-refractivity contribution in [3.8, 4) is 28.1 Å². The van der Waals surface area contributed by atoms with E-state index < -0.39 is 17.7 Å². The van der Waals surface area contributed by atoms with Crippen LogP contribution in [0.15, 0.2) is 79.9 Å². The third-order valence-electron chi connectivity index (χ3n) is 8.34. The lowest BCUT2D eigenvalue weighted by Gasteiger charge is -2.41. The molecule has 9 nitrogen and oxygen atoms in total. The molecular formula is C38H46N4O5. The molecule has 5 rings (SSSR count). The average molecular weight is 639 g/mol. The van der Waals surface area contributed by atoms with Gasteiger partial charge in [-0.25, -0.2) is 9.78 Å². The third kappa shape index (κ3) is 7.58. The zero-order valence-electron chi connectivity index (χ0n) is 28.4. The number of rotatable bonds is 12. The fourth-order valence-corrected chi connectivity index (χ4v) is 5.97. The molecule has 1 aliphatic heterocycles. The second-order valence-corrected chi connectivity index (χ2v) is 13.1. The highest BCUT2D eigenvalue weighted by atomic mass is 16.6. The van der Waals surface area contributed by atoms with Crippen LogP contribution in [0.2, 0.25) is 0 Å². The van der Waals surface area contributed by atoms with Crippen molar-refractivity contribution in [2.45, 2.75) is 64.8 Å². The van der Waals surface area contributed by atoms with Gasteiger partial charge in [0.25, 0.3) is 0 Å². The molecule has 3 heterocycles. The number of hydrogen-bond acceptors (Lipinski definition) is 8. The molecule has 2 aromatic heterocycles. The van der Waals surface area contributed by atoms with Gasteiger partial charge in [0.1, 0.15) is 18.2 Å². The Balaban J connectivity index is 1.64. The van der Waals surface area contributed by atoms with Crippen LogP contribution in [-0.4, -0.2) is 65.2 Å². The van der Waals surface area contributed by atoms with Crippen molar-refractivity contribution < 1.29 is 23.7 Å². The summed E-state index contributed by atoms with van der Waals surface area (Å²) in [7, 11) is 1.38. The van der Waals surface area contributed by atoms with E-state index in [-0.39, 0.29) is 5.60 Å². The van der Waals surface area contributed by atoms with Crippen molar-refractivity contribution in [1.29, 1.82) is 0 Å². The molecule has 47 heavy (non-hydrogen) atoms. The first kappa shape index (κ1) is 33.9. The number of ether oxygens (including phenoxy) is 4. The van der Waals surface area contributed by atoms with Gasteiger partial charge in [0.2, 0.25) is 0 Å². The molecule has 0 amide bonds. The Kier molecular flexibility index (Phi) is 10.2. The van der Waals surface area contributed by atoms with Crippen molar-refractivity contribution in [2.24, 2.45) is 0 Å². The smallest absolute Gasteiger partial charge is 0.339 e. The van der Waals surface area contributed by atoms with Gasteiger partial charge >= 0.3 is 5.97 Å². The predicted octanol–water partition coefficient (Wildman–Crippen LogP) is 7.53. The lowest BCUT2D eigenvalue weighted by Crippen LogP contribution is -2.45. The maximum Gasteiger partial charge on any atom is 0.339 e. The minimum atomic E-state index is -1.000. The first-order chi connectivity index (χ1) is 22.5. The van der Waals surface area contributed by atoms with Crippen molar-refractivity contribution in [3.05, 3.63) is 91.2 Å². The number of anilines is 1. The Morgan fingerprint density at radius 3 is 2.40 bits per heavy atom. The highest BCUT2D eigenvalue weighted by Gasteiger charge is 2.38. The molecule has 1 fully saturated rings. The van der Waals surface area contributed by atoms with Crippen molar-refractivity contribution in [2.75, 3.05) is 38.3 Å². The Labute approximate surface area is 277 Å². The van der Waals surface area contributed by atoms with E-state index in [0.29, 0.717) is 43.2 Å². The van der Waals surface area contributed by atoms with E-state index in [4.69, 9.17) is 29.0 Å². The molecule has 0 bridgehead atoms. The Morgan fingerprint density at radius 2 is 1.72 bits per heavy atom. The van der Waals surface area contributed by atoms with Crippen LogP contribution in [0.1, 0.15) is 57.9 Å². The first-order valence-electron chi connectivity index (χ1n) is 16.1. The van der Waals surface area contributed by atoms with Crippen LogP contribution in [0, 0.1) is 6.92 Å². The highest BCUT2D eigenvalue weighted by Crippen LogP contribution is 2.39. The molecule has 0 radical (unpaired) electrons. The molecule has 1 atom stereocenters. The maximum atomic E-state index is 13.4. The summed E-state index contributed by atoms with van der Waals surface area (Å²) in [5, 5.41) is 5.13. The second-order valence-electron chi connectivity index (χ2n) is 13.1. The Morgan fingerprint density at radius 1 is 1.02 bits per heavy atom. The van der Waals surface area contributed by atoms with E-state index in [1.165, 1.54) is 7.11 Å². The summed E-state index contributed by atoms with van der Waals surface area (Å²) in [6.45, 7) is 19.7. The zero-order valence-corrected chi connectivity index (χ0v) is 28.4. The monoisotopic (exact) mass is 638 g/mol. The minimum Gasteiger partial charge on any atom is -0.489 e. The molecule has 0 N–H and O–H groups in total. The van der Waals surface area contributed by atoms with Gasteiger partial charge in [0.05, 0.1) is 36.2 Å². The fraction of sp³-hybridized carbons (Fsp3) is 0.395. The summed E-state index contributed by atoms with van der Waals surface area (Å²) in [6.07, 6.45) is 4.09. The van der Waals surface area contributed by atoms with Gasteiger partial charge in [0.15, 0.2) is 11.8 Å². The number of methoxy groups -OCH3 is 1. The lowest BCUT2D eigenvalue weighted by atomic mass is 9.92. The number of carbonyl (C=O) groups is 1. The van der Waals surface area contributed by atoms with Crippen LogP contribution in [0.4, 0.5) is 5.82 Å². The van der Waals surface area contributed by atoms with Crippen molar-refractivity contribution >= 4 is 17.4 Å². The van der Waals surface area contributed by atoms with E-state index >= 15 is 0 Å². The number of esters is 1. The molecule has 0 unspecified atom stereocenters. The lowest BCUT2D eigenvalue weighted by molar-refractivity contribution is -0.164. The summed E-state index contributed by atoms with van der Waals surface area (Å²) >= 11 is 0. The number of aromatic nitrogens is 3. The van der Waals surface area contributed by atoms with E-state index in [1.54, 1.807) is 12.2 Å². The molecular weight excluding hydrogens is 592 g/mol. The number of para-hydroxylation sites is 1. The minimum absolute atomic E-state index is 0.281. The third-order valence-corrected chi connectivity index (χ3v) is 8.34. The second kappa shape index (κ2) is 14.1. The number of benzene rings is 2. The molecule has 0 spiro atoms. The van der Waals surface area contributed by atoms with Gasteiger partial charge in [0, 0.05) is 36.0 Å². The van der Waals surface area contributed by atoms with Gasteiger partial charge in [-0.05, 0) is 65.2 Å². The maximum absolute atomic E-state index is 13.4. The van der Waals surface area contributed by atoms with Gasteiger partial charge in [-0.2, -0.15) is 9.61 Å². The molecule has 0 aliphatic carbocycles. The van der Waals surface area contributed by atoms with Gasteiger partial charge < -0.3 is 23.8 Å². The van der Waals surface area contributed by atoms with Crippen LogP contribution in [0.25, 0.3) is 28.0 Å². The largest absolute Gasteiger partial charge is 0.489 e. The Bertz CT molecular complexity index is 1750. The van der Waals surface area contributed by atoms with Crippen LogP contribution < -0.4 is 9.64 Å². The van der Waals surface area contributed by atoms with Gasteiger partial charge in [-0.3, -0.25) is 0 Å². The van der Waals surface area contributed by atoms with Crippen molar-refractivity contribution in [3.63, 3.8) is 0 Å². The molecule has 9 heteroatoms. The van der Waals surface area contributed by atoms with E-state index in [1.807, 2.05) is 74.7 Å². The summed E-state index contributed by atoms with van der Waals surface area (Å²) < 4.78 is 25.6. The number of aryl methyl sites for hydroxylation is 1. The number of carbonyl (C=O) groups excluding carboxylic acids is 1. The SMILES string of the molecule is C=CCOc1ccccc1-c1cccc(-c2cc3nc(C)c([C@H](OC(C)(C)C)C(=O)OC)c(N4CCC(C)(OCC=C)CC4)n3n2)c1. The topological polar surface area (TPSA) is 87.4 Å². The molecule has 248 valence electrons. The summed E-state index contributed by atoms with van der Waals surface area (Å²) in [5.74, 6) is 1.06. The number of piperidine rings is 1. The van der Waals surface area contributed by atoms with Crippen LogP contribution in [-0.2, 0) is 19.0 Å². The van der Waals surface area contributed by atoms with Crippen LogP contribution >= 0.6 is 0 Å². The molecule has 1 aliphatic rings. The van der Waals surface area contributed by atoms with E-state index in [9.17, 15) is 4.79 Å². The summed E-state index contributed by atoms with van der Waals surface area (Å²) in [6, 6.07) is 18.2. The average Bonchev–Trinajstić information content (AvgIpc) is 3.48. The van der Waals surface area contributed by atoms with Gasteiger partial charge in [-0.1, -0.05) is 55.1 Å². The molecule has 4 aromatic rings. The van der Waals surface area contributed by atoms with Gasteiger partial charge in [-0.15, -0.1) is 6.58 Å². The van der Waals surface area contributed by atoms with E-state index in [0.717, 1.165) is 46.8 Å². The number of hydrogen-bond donors (Lipinski definition) is 0. The molecule has 2 aromatic carbocycles. The fourth-order valence-electron chi connectivity index (χ4n) is 5.97. The first-order valence-corrected chi connectivity index (χ1v) is 16.1. The predicted molar refractivity (Wildman–Crippen MR) is 186 cm³/mol. The quantitative estimate of drug-likeness (QED) is 0.116. The number of nitrogens with zero attached hydrogens (tertiary/aromatic N) is 4. The normalized spacial score (nSPS) is 15.3. The van der Waals surface area contributed by atoms with Crippen LogP contribution in [0.5, 0.6) is 5.75 Å². The Hall–Kier alpha value is -4.47. The highest BCUT2D eigenvalue weighted by molar-refractivity contribution is 5.81. The molecule has 1 saturated heterocycles. The summed E-state index contributed by atoms with van der Waals surface area (Å²) in [4.78, 5) is 20.6. The standard InChI is InChI=1S/C38H46N4O5/c1-9-22-45-31-17-12-11-16-29(31)27-14-13-15-28(24-27)30-25-32-39-26(3)33(34(36(43)44-8)47-37(4,5)6)35(42(32)40-30)41-20-18-38(7,19-21-41)46-23-10-2/h9-17,24-25,34H,1-2,18-23H2,3-8H3/t34-/m0/s1. The summed E-state index contributed by atoms with van der Waals surface area (Å²) in [5.41, 5.74) is 4.75. The van der Waals surface area contributed by atoms with Crippen LogP contribution in [0.3, 0.4) is 0 Å². The zero-order chi connectivity index (χ0) is 33.8. The van der Waals surface area contributed by atoms with Crippen molar-refractivity contribution in [1.82, 2.24) is 14.6 Å². The number of fused-ring (bicyclic) bond motifs is 1. The molecule has 0 saturated carbocycles. The van der Waals surface area contributed by atoms with E-state index in [2.05, 4.69) is 37.1 Å².